The van der Waals surface area contributed by atoms with Gasteiger partial charge in [0.2, 0.25) is 0 Å². The van der Waals surface area contributed by atoms with Crippen molar-refractivity contribution in [2.45, 2.75) is 33.0 Å². The molecule has 1 rings (SSSR count). The van der Waals surface area contributed by atoms with Crippen molar-refractivity contribution < 1.29 is 44.2 Å². The van der Waals surface area contributed by atoms with Crippen molar-refractivity contribution in [1.29, 1.82) is 0 Å². The number of aliphatic hydroxyl groups is 2. The van der Waals surface area contributed by atoms with Crippen LogP contribution in [0.25, 0.3) is 0 Å². The van der Waals surface area contributed by atoms with E-state index in [1.165, 1.54) is 28.3 Å². The first-order chi connectivity index (χ1) is 11.5. The molecule has 0 heterocycles. The molecule has 0 amide bonds. The van der Waals surface area contributed by atoms with E-state index in [4.69, 9.17) is 34.0 Å². The number of ether oxygens (including phenoxy) is 3. The van der Waals surface area contributed by atoms with Crippen LogP contribution in [0.15, 0.2) is 12.1 Å². The minimum Gasteiger partial charge on any atom is -0.496 e. The summed E-state index contributed by atoms with van der Waals surface area (Å²) in [4.78, 5) is 18.0. The fraction of sp³-hybridized carbons (Fsp3) is 0.500. The van der Waals surface area contributed by atoms with E-state index >= 15 is 0 Å². The van der Waals surface area contributed by atoms with Gasteiger partial charge in [0.1, 0.15) is 11.9 Å². The van der Waals surface area contributed by atoms with E-state index in [0.29, 0.717) is 22.8 Å². The molecule has 0 aliphatic heterocycles. The van der Waals surface area contributed by atoms with E-state index in [0.717, 1.165) is 13.8 Å². The first-order valence-electron chi connectivity index (χ1n) is 7.06. The van der Waals surface area contributed by atoms with Crippen molar-refractivity contribution in [1.82, 2.24) is 0 Å². The van der Waals surface area contributed by atoms with Gasteiger partial charge in [-0.1, -0.05) is 0 Å². The summed E-state index contributed by atoms with van der Waals surface area (Å²) in [5.41, 5.74) is 0.458. The van der Waals surface area contributed by atoms with Gasteiger partial charge in [-0.15, -0.1) is 0 Å². The lowest BCUT2D eigenvalue weighted by Crippen LogP contribution is -2.15. The van der Waals surface area contributed by atoms with Crippen molar-refractivity contribution in [3.05, 3.63) is 17.7 Å². The van der Waals surface area contributed by atoms with Crippen LogP contribution < -0.4 is 14.2 Å². The van der Waals surface area contributed by atoms with Crippen LogP contribution in [0.3, 0.4) is 0 Å². The van der Waals surface area contributed by atoms with Gasteiger partial charge in [-0.3, -0.25) is 9.59 Å². The maximum absolute atomic E-state index is 9.87. The smallest absolute Gasteiger partial charge is 0.300 e. The Hall–Kier alpha value is -2.52. The van der Waals surface area contributed by atoms with Crippen LogP contribution in [0.2, 0.25) is 0 Å². The van der Waals surface area contributed by atoms with E-state index in [9.17, 15) is 10.2 Å². The number of hydrogen-bond acceptors (Lipinski definition) is 7. The predicted molar refractivity (Wildman–Crippen MR) is 89.4 cm³/mol. The molecule has 4 N–H and O–H groups in total. The average molecular weight is 362 g/mol. The zero-order chi connectivity index (χ0) is 20.2. The van der Waals surface area contributed by atoms with Gasteiger partial charge in [0.15, 0.2) is 11.5 Å². The van der Waals surface area contributed by atoms with Crippen molar-refractivity contribution in [3.63, 3.8) is 0 Å². The number of carbonyl (C=O) groups is 2. The zero-order valence-electron chi connectivity index (χ0n) is 15.1. The van der Waals surface area contributed by atoms with Crippen LogP contribution in [0.5, 0.6) is 17.2 Å². The second-order valence-electron chi connectivity index (χ2n) is 4.67. The number of aliphatic hydroxyl groups excluding tert-OH is 2. The van der Waals surface area contributed by atoms with E-state index in [-0.39, 0.29) is 0 Å². The highest BCUT2D eigenvalue weighted by atomic mass is 16.5. The molecule has 0 aliphatic rings. The molecular formula is C16H26O9. The Bertz CT molecular complexity index is 521. The Kier molecular flexibility index (Phi) is 12.7. The molecule has 0 saturated heterocycles. The summed E-state index contributed by atoms with van der Waals surface area (Å²) in [6.45, 7) is 3.67. The summed E-state index contributed by atoms with van der Waals surface area (Å²) in [6, 6.07) is 3.20. The molecule has 144 valence electrons. The molecule has 0 spiro atoms. The SMILES string of the molecule is CC(=O)O.CC(=O)O.COc1cc(OC)c(C(O)C(C)O)cc1OC. The normalized spacial score (nSPS) is 11.5. The van der Waals surface area contributed by atoms with Gasteiger partial charge in [0, 0.05) is 25.5 Å². The molecule has 2 unspecified atom stereocenters. The standard InChI is InChI=1S/C12H18O5.2C2H4O2/c1-7(13)12(14)8-5-10(16-3)11(17-4)6-9(8)15-2;2*1-2(3)4/h5-7,12-14H,1-4H3;2*1H3,(H,3,4). The Labute approximate surface area is 146 Å². The van der Waals surface area contributed by atoms with E-state index in [1.54, 1.807) is 12.1 Å². The molecule has 0 aliphatic carbocycles. The second kappa shape index (κ2) is 12.8. The number of methoxy groups -OCH3 is 3. The summed E-state index contributed by atoms with van der Waals surface area (Å²) in [7, 11) is 4.50. The second-order valence-corrected chi connectivity index (χ2v) is 4.67. The first-order valence-corrected chi connectivity index (χ1v) is 7.06. The number of rotatable bonds is 5. The molecule has 0 bridgehead atoms. The Morgan fingerprint density at radius 3 is 1.44 bits per heavy atom. The largest absolute Gasteiger partial charge is 0.496 e. The molecule has 1 aromatic rings. The fourth-order valence-electron chi connectivity index (χ4n) is 1.54. The molecule has 0 radical (unpaired) electrons. The number of aliphatic carboxylic acids is 2. The molecule has 25 heavy (non-hydrogen) atoms. The topological polar surface area (TPSA) is 143 Å². The van der Waals surface area contributed by atoms with E-state index in [2.05, 4.69) is 0 Å². The average Bonchev–Trinajstić information content (AvgIpc) is 2.51. The van der Waals surface area contributed by atoms with E-state index in [1.807, 2.05) is 0 Å². The molecule has 9 nitrogen and oxygen atoms in total. The molecule has 0 saturated carbocycles. The number of carboxylic acids is 2. The third-order valence-electron chi connectivity index (χ3n) is 2.51. The Morgan fingerprint density at radius 2 is 1.16 bits per heavy atom. The highest BCUT2D eigenvalue weighted by molar-refractivity contribution is 5.63. The lowest BCUT2D eigenvalue weighted by molar-refractivity contribution is -0.135. The summed E-state index contributed by atoms with van der Waals surface area (Å²) in [5, 5.41) is 34.1. The fourth-order valence-corrected chi connectivity index (χ4v) is 1.54. The van der Waals surface area contributed by atoms with Crippen LogP contribution in [-0.4, -0.2) is 59.8 Å². The van der Waals surface area contributed by atoms with Gasteiger partial charge in [0.25, 0.3) is 11.9 Å². The molecule has 0 fully saturated rings. The molecule has 2 atom stereocenters. The van der Waals surface area contributed by atoms with Crippen LogP contribution in [0, 0.1) is 0 Å². The summed E-state index contributed by atoms with van der Waals surface area (Å²) >= 11 is 0. The van der Waals surface area contributed by atoms with Gasteiger partial charge in [-0.2, -0.15) is 0 Å². The number of benzene rings is 1. The zero-order valence-corrected chi connectivity index (χ0v) is 15.1. The van der Waals surface area contributed by atoms with Gasteiger partial charge >= 0.3 is 0 Å². The Morgan fingerprint density at radius 1 is 0.840 bits per heavy atom. The van der Waals surface area contributed by atoms with Gasteiger partial charge in [0.05, 0.1) is 27.4 Å². The van der Waals surface area contributed by atoms with E-state index < -0.39 is 24.1 Å². The van der Waals surface area contributed by atoms with Crippen LogP contribution in [-0.2, 0) is 9.59 Å². The van der Waals surface area contributed by atoms with Crippen molar-refractivity contribution in [2.24, 2.45) is 0 Å². The van der Waals surface area contributed by atoms with Gasteiger partial charge < -0.3 is 34.6 Å². The van der Waals surface area contributed by atoms with Crippen molar-refractivity contribution >= 4 is 11.9 Å². The molecule has 1 aromatic carbocycles. The van der Waals surface area contributed by atoms with Crippen LogP contribution in [0.4, 0.5) is 0 Å². The summed E-state index contributed by atoms with van der Waals surface area (Å²) in [5.74, 6) is -0.245. The highest BCUT2D eigenvalue weighted by Gasteiger charge is 2.21. The lowest BCUT2D eigenvalue weighted by atomic mass is 10.0. The minimum absolute atomic E-state index is 0.441. The van der Waals surface area contributed by atoms with Crippen LogP contribution >= 0.6 is 0 Å². The van der Waals surface area contributed by atoms with Crippen molar-refractivity contribution in [3.8, 4) is 17.2 Å². The van der Waals surface area contributed by atoms with Crippen molar-refractivity contribution in [2.75, 3.05) is 21.3 Å². The number of hydrogen-bond donors (Lipinski definition) is 4. The Balaban J connectivity index is 0. The molecule has 9 heteroatoms. The predicted octanol–water partition coefficient (Wildman–Crippen LogP) is 1.31. The maximum Gasteiger partial charge on any atom is 0.300 e. The maximum atomic E-state index is 9.87. The summed E-state index contributed by atoms with van der Waals surface area (Å²) < 4.78 is 15.4. The first kappa shape index (κ1) is 24.7. The monoisotopic (exact) mass is 362 g/mol. The number of carboxylic acid groups (broad SMARTS) is 2. The quantitative estimate of drug-likeness (QED) is 0.609. The third kappa shape index (κ3) is 10.8. The van der Waals surface area contributed by atoms with Gasteiger partial charge in [-0.25, -0.2) is 0 Å². The van der Waals surface area contributed by atoms with Gasteiger partial charge in [-0.05, 0) is 13.0 Å². The lowest BCUT2D eigenvalue weighted by Gasteiger charge is -2.19. The highest BCUT2D eigenvalue weighted by Crippen LogP contribution is 2.38. The summed E-state index contributed by atoms with van der Waals surface area (Å²) in [6.07, 6.45) is -1.94. The minimum atomic E-state index is -1.04. The third-order valence-corrected chi connectivity index (χ3v) is 2.51. The molecule has 0 aromatic heterocycles. The molecular weight excluding hydrogens is 336 g/mol. The van der Waals surface area contributed by atoms with Crippen LogP contribution in [0.1, 0.15) is 32.4 Å².